The van der Waals surface area contributed by atoms with Crippen LogP contribution in [0.3, 0.4) is 0 Å². The molecule has 0 bridgehead atoms. The summed E-state index contributed by atoms with van der Waals surface area (Å²) in [4.78, 5) is 4.26. The molecule has 4 N–H and O–H groups in total. The van der Waals surface area contributed by atoms with Gasteiger partial charge in [-0.2, -0.15) is 0 Å². The van der Waals surface area contributed by atoms with Crippen molar-refractivity contribution in [2.24, 2.45) is 0 Å². The predicted octanol–water partition coefficient (Wildman–Crippen LogP) is 5.90. The molecule has 3 nitrogen and oxygen atoms in total. The number of anilines is 2. The van der Waals surface area contributed by atoms with Crippen LogP contribution in [0.2, 0.25) is 5.02 Å². The average molecular weight is 384 g/mol. The van der Waals surface area contributed by atoms with E-state index in [-0.39, 0.29) is 5.02 Å². The van der Waals surface area contributed by atoms with E-state index >= 15 is 0 Å². The van der Waals surface area contributed by atoms with E-state index in [2.05, 4.69) is 4.98 Å². The predicted molar refractivity (Wildman–Crippen MR) is 109 cm³/mol. The number of thiophene rings is 1. The summed E-state index contributed by atoms with van der Waals surface area (Å²) in [7, 11) is 0. The molecule has 4 rings (SSSR count). The lowest BCUT2D eigenvalue weighted by molar-refractivity contribution is 0.628. The zero-order valence-electron chi connectivity index (χ0n) is 13.9. The summed E-state index contributed by atoms with van der Waals surface area (Å²) >= 11 is 7.42. The minimum atomic E-state index is -0.451. The van der Waals surface area contributed by atoms with Gasteiger partial charge in [0.2, 0.25) is 0 Å². The molecule has 0 amide bonds. The van der Waals surface area contributed by atoms with E-state index < -0.39 is 5.82 Å². The van der Waals surface area contributed by atoms with Crippen LogP contribution in [0, 0.1) is 12.7 Å². The van der Waals surface area contributed by atoms with Gasteiger partial charge in [-0.1, -0.05) is 29.8 Å². The molecule has 0 fully saturated rings. The third-order valence-electron chi connectivity index (χ3n) is 4.34. The van der Waals surface area contributed by atoms with E-state index in [0.29, 0.717) is 10.7 Å². The number of hydrogen-bond donors (Lipinski definition) is 2. The SMILES string of the molecule is Cc1cc(-c2ccc(-c3ccc(F)c(Cl)c3)c3c(N)c(N)sc23)ccn1. The summed E-state index contributed by atoms with van der Waals surface area (Å²) in [6.45, 7) is 1.95. The summed E-state index contributed by atoms with van der Waals surface area (Å²) in [6.07, 6.45) is 1.78. The largest absolute Gasteiger partial charge is 0.396 e. The molecule has 2 aromatic carbocycles. The highest BCUT2D eigenvalue weighted by Gasteiger charge is 2.17. The Hall–Kier alpha value is -2.63. The van der Waals surface area contributed by atoms with E-state index in [9.17, 15) is 4.39 Å². The number of rotatable bonds is 2. The number of aryl methyl sites for hydroxylation is 1. The lowest BCUT2D eigenvalue weighted by Crippen LogP contribution is -1.91. The van der Waals surface area contributed by atoms with Crippen molar-refractivity contribution in [3.63, 3.8) is 0 Å². The molecule has 2 heterocycles. The van der Waals surface area contributed by atoms with E-state index in [4.69, 9.17) is 23.1 Å². The van der Waals surface area contributed by atoms with E-state index in [0.717, 1.165) is 38.0 Å². The fraction of sp³-hybridized carbons (Fsp3) is 0.0500. The number of pyridine rings is 1. The number of benzene rings is 2. The fourth-order valence-corrected chi connectivity index (χ4v) is 4.32. The van der Waals surface area contributed by atoms with Crippen LogP contribution in [-0.4, -0.2) is 4.98 Å². The number of nitrogen functional groups attached to an aromatic ring is 2. The van der Waals surface area contributed by atoms with E-state index in [1.165, 1.54) is 17.4 Å². The number of hydrogen-bond acceptors (Lipinski definition) is 4. The van der Waals surface area contributed by atoms with Crippen LogP contribution in [0.4, 0.5) is 15.1 Å². The Morgan fingerprint density at radius 1 is 1.00 bits per heavy atom. The maximum Gasteiger partial charge on any atom is 0.141 e. The molecule has 6 heteroatoms. The monoisotopic (exact) mass is 383 g/mol. The highest BCUT2D eigenvalue weighted by atomic mass is 35.5. The molecule has 0 saturated heterocycles. The lowest BCUT2D eigenvalue weighted by Gasteiger charge is -2.10. The molecule has 0 spiro atoms. The molecule has 4 aromatic rings. The second-order valence-corrected chi connectivity index (χ2v) is 7.52. The standard InChI is InChI=1S/C20H15ClFN3S/c1-10-8-12(6-7-25-10)14-4-3-13(11-2-5-16(22)15(21)9-11)17-18(23)20(24)26-19(14)17/h2-9H,23-24H2,1H3. The van der Waals surface area contributed by atoms with Gasteiger partial charge in [0.1, 0.15) is 10.8 Å². The maximum absolute atomic E-state index is 13.6. The number of nitrogens with two attached hydrogens (primary N) is 2. The molecule has 0 aliphatic rings. The van der Waals surface area contributed by atoms with Crippen molar-refractivity contribution in [2.75, 3.05) is 11.5 Å². The number of fused-ring (bicyclic) bond motifs is 1. The van der Waals surface area contributed by atoms with Gasteiger partial charge in [-0.3, -0.25) is 4.98 Å². The quantitative estimate of drug-likeness (QED) is 0.453. The van der Waals surface area contributed by atoms with Crippen molar-refractivity contribution in [3.8, 4) is 22.3 Å². The molecule has 2 aromatic heterocycles. The molecular formula is C20H15ClFN3S. The first kappa shape index (κ1) is 16.8. The number of nitrogens with zero attached hydrogens (tertiary/aromatic N) is 1. The topological polar surface area (TPSA) is 64.9 Å². The first-order valence-electron chi connectivity index (χ1n) is 7.94. The minimum Gasteiger partial charge on any atom is -0.396 e. The van der Waals surface area contributed by atoms with Gasteiger partial charge in [0.05, 0.1) is 10.7 Å². The Morgan fingerprint density at radius 3 is 2.46 bits per heavy atom. The molecule has 0 aliphatic heterocycles. The second kappa shape index (κ2) is 6.27. The van der Waals surface area contributed by atoms with E-state index in [1.54, 1.807) is 18.3 Å². The highest BCUT2D eigenvalue weighted by molar-refractivity contribution is 7.24. The Labute approximate surface area is 159 Å². The molecule has 26 heavy (non-hydrogen) atoms. The summed E-state index contributed by atoms with van der Waals surface area (Å²) in [5, 5.41) is 1.50. The maximum atomic E-state index is 13.6. The summed E-state index contributed by atoms with van der Waals surface area (Å²) < 4.78 is 14.5. The van der Waals surface area contributed by atoms with Crippen LogP contribution < -0.4 is 11.5 Å². The summed E-state index contributed by atoms with van der Waals surface area (Å²) in [6, 6.07) is 12.6. The molecule has 0 aliphatic carbocycles. The lowest BCUT2D eigenvalue weighted by atomic mass is 9.96. The molecule has 0 saturated carbocycles. The van der Waals surface area contributed by atoms with Crippen molar-refractivity contribution >= 4 is 43.7 Å². The minimum absolute atomic E-state index is 0.0752. The van der Waals surface area contributed by atoms with Crippen molar-refractivity contribution < 1.29 is 4.39 Å². The van der Waals surface area contributed by atoms with Gasteiger partial charge >= 0.3 is 0 Å². The molecule has 0 unspecified atom stereocenters. The Bertz CT molecular complexity index is 1150. The molecule has 0 radical (unpaired) electrons. The van der Waals surface area contributed by atoms with Gasteiger partial charge in [-0.25, -0.2) is 4.39 Å². The van der Waals surface area contributed by atoms with Gasteiger partial charge < -0.3 is 11.5 Å². The smallest absolute Gasteiger partial charge is 0.141 e. The average Bonchev–Trinajstić information content (AvgIpc) is 2.92. The normalized spacial score (nSPS) is 11.2. The highest BCUT2D eigenvalue weighted by Crippen LogP contribution is 2.46. The summed E-state index contributed by atoms with van der Waals surface area (Å²) in [5.74, 6) is -0.451. The van der Waals surface area contributed by atoms with Gasteiger partial charge in [-0.05, 0) is 53.4 Å². The van der Waals surface area contributed by atoms with Crippen molar-refractivity contribution in [1.82, 2.24) is 4.98 Å². The van der Waals surface area contributed by atoms with Crippen LogP contribution in [0.5, 0.6) is 0 Å². The summed E-state index contributed by atoms with van der Waals surface area (Å²) in [5.41, 5.74) is 17.6. The fourth-order valence-electron chi connectivity index (χ4n) is 3.09. The van der Waals surface area contributed by atoms with Crippen LogP contribution in [0.1, 0.15) is 5.69 Å². The third-order valence-corrected chi connectivity index (χ3v) is 5.70. The van der Waals surface area contributed by atoms with E-state index in [1.807, 2.05) is 31.2 Å². The van der Waals surface area contributed by atoms with Crippen LogP contribution in [0.15, 0.2) is 48.7 Å². The van der Waals surface area contributed by atoms with Crippen LogP contribution in [-0.2, 0) is 0 Å². The molecular weight excluding hydrogens is 369 g/mol. The van der Waals surface area contributed by atoms with Crippen molar-refractivity contribution in [1.29, 1.82) is 0 Å². The van der Waals surface area contributed by atoms with Gasteiger partial charge in [0, 0.05) is 22.0 Å². The Morgan fingerprint density at radius 2 is 1.73 bits per heavy atom. The Balaban J connectivity index is 2.03. The van der Waals surface area contributed by atoms with Gasteiger partial charge in [-0.15, -0.1) is 11.3 Å². The zero-order chi connectivity index (χ0) is 18.4. The Kier molecular flexibility index (Phi) is 4.05. The number of halogens is 2. The van der Waals surface area contributed by atoms with Crippen LogP contribution in [0.25, 0.3) is 32.3 Å². The second-order valence-electron chi connectivity index (χ2n) is 6.06. The first-order valence-corrected chi connectivity index (χ1v) is 9.14. The van der Waals surface area contributed by atoms with Gasteiger partial charge in [0.15, 0.2) is 0 Å². The first-order chi connectivity index (χ1) is 12.5. The molecule has 0 atom stereocenters. The zero-order valence-corrected chi connectivity index (χ0v) is 15.5. The number of aromatic nitrogens is 1. The van der Waals surface area contributed by atoms with Gasteiger partial charge in [0.25, 0.3) is 0 Å². The van der Waals surface area contributed by atoms with Crippen LogP contribution >= 0.6 is 22.9 Å². The third kappa shape index (κ3) is 2.69. The van der Waals surface area contributed by atoms with Crippen molar-refractivity contribution in [2.45, 2.75) is 6.92 Å². The molecule has 130 valence electrons. The van der Waals surface area contributed by atoms with Crippen molar-refractivity contribution in [3.05, 3.63) is 65.2 Å².